The first-order valence-electron chi connectivity index (χ1n) is 9.74. The van der Waals surface area contributed by atoms with E-state index in [4.69, 9.17) is 16.3 Å². The summed E-state index contributed by atoms with van der Waals surface area (Å²) in [6.07, 6.45) is -4.65. The molecule has 0 aromatic heterocycles. The largest absolute Gasteiger partial charge is 0.497 e. The minimum Gasteiger partial charge on any atom is -0.497 e. The van der Waals surface area contributed by atoms with Crippen molar-refractivity contribution in [1.29, 1.82) is 0 Å². The molecule has 2 aromatic carbocycles. The van der Waals surface area contributed by atoms with Gasteiger partial charge in [0.1, 0.15) is 5.75 Å². The van der Waals surface area contributed by atoms with Crippen LogP contribution in [-0.2, 0) is 27.2 Å². The number of rotatable bonds is 4. The van der Waals surface area contributed by atoms with Crippen LogP contribution in [0, 0.1) is 0 Å². The molecular weight excluding hydrogens is 501 g/mol. The van der Waals surface area contributed by atoms with E-state index in [9.17, 15) is 26.4 Å². The Morgan fingerprint density at radius 2 is 1.91 bits per heavy atom. The van der Waals surface area contributed by atoms with Crippen molar-refractivity contribution >= 4 is 50.0 Å². The van der Waals surface area contributed by atoms with Crippen LogP contribution in [0.15, 0.2) is 47.5 Å². The summed E-state index contributed by atoms with van der Waals surface area (Å²) in [6, 6.07) is 8.96. The van der Waals surface area contributed by atoms with Gasteiger partial charge in [0.2, 0.25) is 0 Å². The Hall–Kier alpha value is -2.24. The minimum atomic E-state index is -4.62. The maximum Gasteiger partial charge on any atom is 0.416 e. The number of benzene rings is 2. The first-order valence-corrected chi connectivity index (χ1v) is 12.8. The number of fused-ring (bicyclic) bond motifs is 1. The number of amidine groups is 1. The molecule has 2 atom stereocenters. The Kier molecular flexibility index (Phi) is 6.41. The van der Waals surface area contributed by atoms with E-state index in [1.165, 1.54) is 12.0 Å². The zero-order valence-corrected chi connectivity index (χ0v) is 19.6. The van der Waals surface area contributed by atoms with E-state index in [0.717, 1.165) is 30.0 Å². The molecule has 0 bridgehead atoms. The molecule has 6 nitrogen and oxygen atoms in total. The van der Waals surface area contributed by atoms with Gasteiger partial charge in [0, 0.05) is 5.25 Å². The van der Waals surface area contributed by atoms with Crippen molar-refractivity contribution in [3.05, 3.63) is 58.6 Å². The van der Waals surface area contributed by atoms with Gasteiger partial charge in [-0.15, -0.1) is 0 Å². The van der Waals surface area contributed by atoms with E-state index in [0.29, 0.717) is 11.3 Å². The number of thioether (sulfide) groups is 1. The van der Waals surface area contributed by atoms with E-state index in [-0.39, 0.29) is 33.8 Å². The topological polar surface area (TPSA) is 76.0 Å². The van der Waals surface area contributed by atoms with Crippen molar-refractivity contribution in [3.63, 3.8) is 0 Å². The molecule has 0 unspecified atom stereocenters. The van der Waals surface area contributed by atoms with Crippen LogP contribution in [0.3, 0.4) is 0 Å². The van der Waals surface area contributed by atoms with Crippen molar-refractivity contribution in [3.8, 4) is 5.75 Å². The lowest BCUT2D eigenvalue weighted by molar-refractivity contribution is -0.137. The predicted molar refractivity (Wildman–Crippen MR) is 122 cm³/mol. The van der Waals surface area contributed by atoms with Gasteiger partial charge in [-0.05, 0) is 35.9 Å². The molecule has 0 spiro atoms. The number of aliphatic imine (C=N–C) groups is 1. The first kappa shape index (κ1) is 23.9. The van der Waals surface area contributed by atoms with Crippen LogP contribution in [0.1, 0.15) is 11.1 Å². The predicted octanol–water partition coefficient (Wildman–Crippen LogP) is 4.21. The van der Waals surface area contributed by atoms with E-state index in [1.54, 1.807) is 24.3 Å². The Labute approximate surface area is 197 Å². The molecule has 2 aliphatic rings. The summed E-state index contributed by atoms with van der Waals surface area (Å²) in [6.45, 7) is 0. The molecule has 0 radical (unpaired) electrons. The zero-order chi connectivity index (χ0) is 24.0. The van der Waals surface area contributed by atoms with E-state index in [1.807, 2.05) is 0 Å². The standard InChI is InChI=1S/C21H18ClF3N2O4S2/c1-31-14-5-2-12(3-6-14)8-19(28)26-20-27(17-10-33(29,30)11-18(17)32-20)16-9-13(21(23,24)25)4-7-15(16)22/h2-7,9,17-18H,8,10-11H2,1H3/t17-,18+/m0/s1. The van der Waals surface area contributed by atoms with E-state index >= 15 is 0 Å². The van der Waals surface area contributed by atoms with Crippen molar-refractivity contribution in [2.24, 2.45) is 4.99 Å². The third kappa shape index (κ3) is 5.15. The number of anilines is 1. The molecule has 2 saturated heterocycles. The number of amides is 1. The number of halogens is 4. The molecule has 2 heterocycles. The molecule has 0 aliphatic carbocycles. The zero-order valence-electron chi connectivity index (χ0n) is 17.2. The third-order valence-electron chi connectivity index (χ3n) is 5.33. The summed E-state index contributed by atoms with van der Waals surface area (Å²) in [5.41, 5.74) is -0.278. The average Bonchev–Trinajstić information content (AvgIpc) is 3.19. The molecule has 0 saturated carbocycles. The summed E-state index contributed by atoms with van der Waals surface area (Å²) >= 11 is 7.30. The summed E-state index contributed by atoms with van der Waals surface area (Å²) < 4.78 is 69.4. The molecule has 2 aliphatic heterocycles. The molecule has 2 aromatic rings. The molecule has 4 rings (SSSR count). The second-order valence-corrected chi connectivity index (χ2v) is 11.4. The maximum atomic E-state index is 13.3. The van der Waals surface area contributed by atoms with Crippen molar-refractivity contribution in [2.75, 3.05) is 23.5 Å². The third-order valence-corrected chi connectivity index (χ3v) is 8.86. The summed E-state index contributed by atoms with van der Waals surface area (Å²) in [5.74, 6) is -0.300. The van der Waals surface area contributed by atoms with Gasteiger partial charge in [0.25, 0.3) is 5.91 Å². The lowest BCUT2D eigenvalue weighted by Crippen LogP contribution is -2.38. The SMILES string of the molecule is COc1ccc(CC(=O)N=C2S[C@@H]3CS(=O)(=O)C[C@@H]3N2c2cc(C(F)(F)F)ccc2Cl)cc1. The smallest absolute Gasteiger partial charge is 0.416 e. The molecule has 33 heavy (non-hydrogen) atoms. The van der Waals surface area contributed by atoms with Crippen molar-refractivity contribution in [2.45, 2.75) is 23.9 Å². The highest BCUT2D eigenvalue weighted by molar-refractivity contribution is 8.16. The second kappa shape index (κ2) is 8.84. The molecule has 176 valence electrons. The van der Waals surface area contributed by atoms with Gasteiger partial charge in [0.05, 0.1) is 47.4 Å². The van der Waals surface area contributed by atoms with E-state index in [2.05, 4.69) is 4.99 Å². The van der Waals surface area contributed by atoms with Crippen LogP contribution in [-0.4, -0.2) is 49.4 Å². The fraction of sp³-hybridized carbons (Fsp3) is 0.333. The quantitative estimate of drug-likeness (QED) is 0.603. The van der Waals surface area contributed by atoms with Crippen LogP contribution in [0.5, 0.6) is 5.75 Å². The monoisotopic (exact) mass is 518 g/mol. The van der Waals surface area contributed by atoms with Gasteiger partial charge in [-0.2, -0.15) is 18.2 Å². The highest BCUT2D eigenvalue weighted by Gasteiger charge is 2.50. The number of carbonyl (C=O) groups is 1. The lowest BCUT2D eigenvalue weighted by atomic mass is 10.1. The Morgan fingerprint density at radius 1 is 1.21 bits per heavy atom. The summed E-state index contributed by atoms with van der Waals surface area (Å²) in [4.78, 5) is 18.2. The summed E-state index contributed by atoms with van der Waals surface area (Å²) in [5, 5.41) is -0.323. The fourth-order valence-corrected chi connectivity index (χ4v) is 7.92. The molecule has 0 N–H and O–H groups in total. The number of ether oxygens (including phenoxy) is 1. The van der Waals surface area contributed by atoms with Gasteiger partial charge in [0.15, 0.2) is 15.0 Å². The van der Waals surface area contributed by atoms with Crippen LogP contribution >= 0.6 is 23.4 Å². The van der Waals surface area contributed by atoms with Crippen LogP contribution < -0.4 is 9.64 Å². The van der Waals surface area contributed by atoms with Gasteiger partial charge in [-0.1, -0.05) is 35.5 Å². The van der Waals surface area contributed by atoms with Crippen molar-refractivity contribution < 1.29 is 31.1 Å². The van der Waals surface area contributed by atoms with Crippen LogP contribution in [0.4, 0.5) is 18.9 Å². The number of methoxy groups -OCH3 is 1. The van der Waals surface area contributed by atoms with Crippen LogP contribution in [0.25, 0.3) is 0 Å². The number of hydrogen-bond donors (Lipinski definition) is 0. The number of hydrogen-bond acceptors (Lipinski definition) is 5. The first-order chi connectivity index (χ1) is 15.5. The van der Waals surface area contributed by atoms with Crippen LogP contribution in [0.2, 0.25) is 5.02 Å². The molecular formula is C21H18ClF3N2O4S2. The Morgan fingerprint density at radius 3 is 2.55 bits per heavy atom. The lowest BCUT2D eigenvalue weighted by Gasteiger charge is -2.26. The summed E-state index contributed by atoms with van der Waals surface area (Å²) in [7, 11) is -1.86. The average molecular weight is 519 g/mol. The minimum absolute atomic E-state index is 0.00357. The van der Waals surface area contributed by atoms with Gasteiger partial charge in [-0.3, -0.25) is 4.79 Å². The molecule has 12 heteroatoms. The highest BCUT2D eigenvalue weighted by atomic mass is 35.5. The highest BCUT2D eigenvalue weighted by Crippen LogP contribution is 2.44. The Bertz CT molecular complexity index is 1220. The van der Waals surface area contributed by atoms with Gasteiger partial charge >= 0.3 is 6.18 Å². The maximum absolute atomic E-state index is 13.3. The number of nitrogens with zero attached hydrogens (tertiary/aromatic N) is 2. The molecule has 2 fully saturated rings. The second-order valence-electron chi connectivity index (χ2n) is 7.65. The number of sulfone groups is 1. The van der Waals surface area contributed by atoms with E-state index < -0.39 is 38.8 Å². The normalized spacial score (nSPS) is 23.1. The number of alkyl halides is 3. The van der Waals surface area contributed by atoms with Gasteiger partial charge in [-0.25, -0.2) is 8.42 Å². The molecule has 1 amide bonds. The Balaban J connectivity index is 1.69. The van der Waals surface area contributed by atoms with Gasteiger partial charge < -0.3 is 9.64 Å². The van der Waals surface area contributed by atoms with Crippen molar-refractivity contribution in [1.82, 2.24) is 0 Å². The number of carbonyl (C=O) groups excluding carboxylic acids is 1. The fourth-order valence-electron chi connectivity index (χ4n) is 3.78.